The van der Waals surface area contributed by atoms with Crippen LogP contribution in [0.15, 0.2) is 72.8 Å². The minimum absolute atomic E-state index is 0.208. The highest BCUT2D eigenvalue weighted by molar-refractivity contribution is 5.85. The van der Waals surface area contributed by atoms with E-state index in [0.717, 1.165) is 44.6 Å². The monoisotopic (exact) mass is 385 g/mol. The number of nitrogens with zero attached hydrogens (tertiary/aromatic N) is 1. The van der Waals surface area contributed by atoms with E-state index in [1.807, 2.05) is 45.9 Å². The minimum Gasteiger partial charge on any atom is -0.488 e. The molecule has 3 heteroatoms. The van der Waals surface area contributed by atoms with Crippen molar-refractivity contribution in [3.63, 3.8) is 0 Å². The molecule has 0 aliphatic heterocycles. The standard InChI is InChI=1S/C26H24FNO/c1-17-15-25(28-24-14-11-21(27)16-23(17)24)20-7-5-18(6-8-20)19-9-12-22(13-10-19)29-26(2,3)4/h5-16H,1-4H3. The second-order valence-electron chi connectivity index (χ2n) is 8.30. The largest absolute Gasteiger partial charge is 0.488 e. The number of rotatable bonds is 3. The van der Waals surface area contributed by atoms with Crippen LogP contribution in [-0.4, -0.2) is 10.6 Å². The van der Waals surface area contributed by atoms with Crippen LogP contribution >= 0.6 is 0 Å². The van der Waals surface area contributed by atoms with Crippen LogP contribution in [-0.2, 0) is 0 Å². The number of aryl methyl sites for hydroxylation is 1. The first-order valence-electron chi connectivity index (χ1n) is 9.75. The van der Waals surface area contributed by atoms with E-state index in [0.29, 0.717) is 0 Å². The van der Waals surface area contributed by atoms with Crippen molar-refractivity contribution in [3.8, 4) is 28.1 Å². The molecule has 0 saturated carbocycles. The predicted molar refractivity (Wildman–Crippen MR) is 118 cm³/mol. The third kappa shape index (κ3) is 4.29. The molecule has 0 aliphatic carbocycles. The number of pyridine rings is 1. The number of hydrogen-bond donors (Lipinski definition) is 0. The van der Waals surface area contributed by atoms with Gasteiger partial charge in [0.2, 0.25) is 0 Å². The molecule has 4 aromatic rings. The first-order chi connectivity index (χ1) is 13.8. The van der Waals surface area contributed by atoms with Crippen molar-refractivity contribution in [2.45, 2.75) is 33.3 Å². The predicted octanol–water partition coefficient (Wildman–Crippen LogP) is 7.19. The smallest absolute Gasteiger partial charge is 0.123 e. The molecule has 0 amide bonds. The second kappa shape index (κ2) is 7.32. The summed E-state index contributed by atoms with van der Waals surface area (Å²) in [5.74, 6) is 0.628. The van der Waals surface area contributed by atoms with Crippen LogP contribution < -0.4 is 4.74 Å². The molecule has 4 rings (SSSR count). The van der Waals surface area contributed by atoms with Crippen molar-refractivity contribution in [1.29, 1.82) is 0 Å². The molecule has 1 heterocycles. The Labute approximate surface area is 171 Å². The molecule has 0 N–H and O–H groups in total. The first kappa shape index (κ1) is 19.1. The lowest BCUT2D eigenvalue weighted by atomic mass is 10.0. The molecular weight excluding hydrogens is 361 g/mol. The lowest BCUT2D eigenvalue weighted by Gasteiger charge is -2.21. The number of fused-ring (bicyclic) bond motifs is 1. The third-order valence-corrected chi connectivity index (χ3v) is 4.77. The minimum atomic E-state index is -0.238. The summed E-state index contributed by atoms with van der Waals surface area (Å²) in [5.41, 5.74) is 5.81. The zero-order valence-electron chi connectivity index (χ0n) is 17.2. The van der Waals surface area contributed by atoms with Crippen molar-refractivity contribution in [2.75, 3.05) is 0 Å². The Morgan fingerprint density at radius 1 is 0.759 bits per heavy atom. The van der Waals surface area contributed by atoms with Gasteiger partial charge in [-0.2, -0.15) is 0 Å². The molecule has 0 radical (unpaired) electrons. The van der Waals surface area contributed by atoms with Gasteiger partial charge in [-0.05, 0) is 80.8 Å². The molecule has 0 saturated heterocycles. The zero-order chi connectivity index (χ0) is 20.6. The van der Waals surface area contributed by atoms with Crippen LogP contribution in [0, 0.1) is 12.7 Å². The summed E-state index contributed by atoms with van der Waals surface area (Å²) in [6.45, 7) is 8.11. The Bertz CT molecular complexity index is 1160. The fourth-order valence-electron chi connectivity index (χ4n) is 3.42. The molecule has 29 heavy (non-hydrogen) atoms. The van der Waals surface area contributed by atoms with Crippen molar-refractivity contribution < 1.29 is 9.13 Å². The molecule has 0 bridgehead atoms. The van der Waals surface area contributed by atoms with Crippen LogP contribution in [0.25, 0.3) is 33.3 Å². The molecule has 0 spiro atoms. The Morgan fingerprint density at radius 2 is 1.34 bits per heavy atom. The summed E-state index contributed by atoms with van der Waals surface area (Å²) >= 11 is 0. The van der Waals surface area contributed by atoms with Crippen molar-refractivity contribution >= 4 is 10.9 Å². The maximum Gasteiger partial charge on any atom is 0.123 e. The molecule has 0 atom stereocenters. The van der Waals surface area contributed by atoms with Crippen molar-refractivity contribution in [3.05, 3.63) is 84.2 Å². The van der Waals surface area contributed by atoms with Crippen LogP contribution in [0.2, 0.25) is 0 Å². The van der Waals surface area contributed by atoms with Crippen molar-refractivity contribution in [1.82, 2.24) is 4.98 Å². The van der Waals surface area contributed by atoms with Gasteiger partial charge in [0.15, 0.2) is 0 Å². The number of benzene rings is 3. The van der Waals surface area contributed by atoms with Crippen LogP contribution in [0.3, 0.4) is 0 Å². The third-order valence-electron chi connectivity index (χ3n) is 4.77. The molecule has 3 aromatic carbocycles. The average molecular weight is 385 g/mol. The molecule has 0 unspecified atom stereocenters. The van der Waals surface area contributed by atoms with Crippen molar-refractivity contribution in [2.24, 2.45) is 0 Å². The maximum atomic E-state index is 13.5. The van der Waals surface area contributed by atoms with E-state index in [9.17, 15) is 4.39 Å². The van der Waals surface area contributed by atoms with Gasteiger partial charge >= 0.3 is 0 Å². The highest BCUT2D eigenvalue weighted by atomic mass is 19.1. The quantitative estimate of drug-likeness (QED) is 0.372. The van der Waals surface area contributed by atoms with E-state index >= 15 is 0 Å². The number of halogens is 1. The number of ether oxygens (including phenoxy) is 1. The van der Waals surface area contributed by atoms with Crippen LogP contribution in [0.1, 0.15) is 26.3 Å². The first-order valence-corrected chi connectivity index (χ1v) is 9.75. The Kier molecular flexibility index (Phi) is 4.83. The van der Waals surface area contributed by atoms with Gasteiger partial charge in [-0.15, -0.1) is 0 Å². The normalized spacial score (nSPS) is 11.6. The fourth-order valence-corrected chi connectivity index (χ4v) is 3.42. The second-order valence-corrected chi connectivity index (χ2v) is 8.30. The molecule has 1 aromatic heterocycles. The molecule has 0 fully saturated rings. The van der Waals surface area contributed by atoms with Gasteiger partial charge in [-0.3, -0.25) is 0 Å². The van der Waals surface area contributed by atoms with Crippen LogP contribution in [0.5, 0.6) is 5.75 Å². The van der Waals surface area contributed by atoms with Gasteiger partial charge in [0.25, 0.3) is 0 Å². The van der Waals surface area contributed by atoms with Crippen LogP contribution in [0.4, 0.5) is 4.39 Å². The van der Waals surface area contributed by atoms with Gasteiger partial charge in [0, 0.05) is 10.9 Å². The summed E-state index contributed by atoms with van der Waals surface area (Å²) in [6.07, 6.45) is 0. The highest BCUT2D eigenvalue weighted by Crippen LogP contribution is 2.29. The topological polar surface area (TPSA) is 22.1 Å². The SMILES string of the molecule is Cc1cc(-c2ccc(-c3ccc(OC(C)(C)C)cc3)cc2)nc2ccc(F)cc12. The van der Waals surface area contributed by atoms with Gasteiger partial charge in [0.1, 0.15) is 17.2 Å². The Morgan fingerprint density at radius 3 is 1.97 bits per heavy atom. The maximum absolute atomic E-state index is 13.5. The molecule has 0 aliphatic rings. The summed E-state index contributed by atoms with van der Waals surface area (Å²) in [5, 5.41) is 0.850. The highest BCUT2D eigenvalue weighted by Gasteiger charge is 2.12. The Balaban J connectivity index is 1.61. The van der Waals surface area contributed by atoms with E-state index in [1.165, 1.54) is 12.1 Å². The van der Waals surface area contributed by atoms with E-state index in [2.05, 4.69) is 36.4 Å². The lowest BCUT2D eigenvalue weighted by molar-refractivity contribution is 0.131. The summed E-state index contributed by atoms with van der Waals surface area (Å²) in [7, 11) is 0. The lowest BCUT2D eigenvalue weighted by Crippen LogP contribution is -2.22. The molecular formula is C26H24FNO. The Hall–Kier alpha value is -3.20. The fraction of sp³-hybridized carbons (Fsp3) is 0.192. The van der Waals surface area contributed by atoms with E-state index in [-0.39, 0.29) is 11.4 Å². The van der Waals surface area contributed by atoms with Gasteiger partial charge < -0.3 is 4.74 Å². The van der Waals surface area contributed by atoms with Gasteiger partial charge in [-0.25, -0.2) is 9.37 Å². The van der Waals surface area contributed by atoms with E-state index in [1.54, 1.807) is 6.07 Å². The number of hydrogen-bond acceptors (Lipinski definition) is 2. The number of aromatic nitrogens is 1. The zero-order valence-corrected chi connectivity index (χ0v) is 17.2. The summed E-state index contributed by atoms with van der Waals surface area (Å²) < 4.78 is 19.4. The molecule has 146 valence electrons. The van der Waals surface area contributed by atoms with Gasteiger partial charge in [-0.1, -0.05) is 36.4 Å². The average Bonchev–Trinajstić information content (AvgIpc) is 2.68. The summed E-state index contributed by atoms with van der Waals surface area (Å²) in [6, 6.07) is 23.2. The van der Waals surface area contributed by atoms with E-state index in [4.69, 9.17) is 9.72 Å². The van der Waals surface area contributed by atoms with E-state index < -0.39 is 0 Å². The van der Waals surface area contributed by atoms with Gasteiger partial charge in [0.05, 0.1) is 11.2 Å². The molecule has 2 nitrogen and oxygen atoms in total. The summed E-state index contributed by atoms with van der Waals surface area (Å²) in [4.78, 5) is 4.71.